The molecule has 0 amide bonds. The molecule has 4 nitrogen and oxygen atoms in total. The second-order valence-corrected chi connectivity index (χ2v) is 10.2. The van der Waals surface area contributed by atoms with Gasteiger partial charge in [0.1, 0.15) is 0 Å². The van der Waals surface area contributed by atoms with Crippen LogP contribution in [0.4, 0.5) is 0 Å². The second-order valence-electron chi connectivity index (χ2n) is 10.2. The van der Waals surface area contributed by atoms with Gasteiger partial charge in [-0.15, -0.1) is 0 Å². The van der Waals surface area contributed by atoms with E-state index in [0.29, 0.717) is 0 Å². The Hall–Kier alpha value is -1.07. The Morgan fingerprint density at radius 2 is 1.41 bits per heavy atom. The van der Waals surface area contributed by atoms with E-state index in [0.717, 1.165) is 16.6 Å². The standard InChI is InChI=1S/C23H36B2O4/c1-15-13-14-16-17(19(15)25-29-23(8,9)21(4,5)27)11-10-12-18(16)24-28-22(6,7)20(2,3)26/h10-15,19,26-27H,1-9H3. The Morgan fingerprint density at radius 1 is 0.862 bits per heavy atom. The van der Waals surface area contributed by atoms with Crippen molar-refractivity contribution in [2.24, 2.45) is 5.92 Å². The van der Waals surface area contributed by atoms with Crippen molar-refractivity contribution in [3.63, 3.8) is 0 Å². The van der Waals surface area contributed by atoms with Crippen LogP contribution in [0.5, 0.6) is 0 Å². The van der Waals surface area contributed by atoms with Gasteiger partial charge in [0.05, 0.1) is 22.4 Å². The van der Waals surface area contributed by atoms with Crippen LogP contribution in [-0.4, -0.2) is 47.6 Å². The van der Waals surface area contributed by atoms with Crippen LogP contribution in [0.1, 0.15) is 79.3 Å². The molecule has 158 valence electrons. The predicted octanol–water partition coefficient (Wildman–Crippen LogP) is 3.39. The molecule has 2 N–H and O–H groups in total. The average molecular weight is 398 g/mol. The molecule has 2 rings (SSSR count). The topological polar surface area (TPSA) is 58.9 Å². The van der Waals surface area contributed by atoms with Crippen molar-refractivity contribution in [1.82, 2.24) is 0 Å². The van der Waals surface area contributed by atoms with Gasteiger partial charge >= 0.3 is 15.0 Å². The van der Waals surface area contributed by atoms with E-state index in [-0.39, 0.29) is 11.7 Å². The van der Waals surface area contributed by atoms with Gasteiger partial charge in [0.25, 0.3) is 0 Å². The fraction of sp³-hybridized carbons (Fsp3) is 0.652. The number of hydrogen-bond donors (Lipinski definition) is 2. The molecule has 0 fully saturated rings. The fourth-order valence-corrected chi connectivity index (χ4v) is 2.78. The molecule has 1 aliphatic carbocycles. The summed E-state index contributed by atoms with van der Waals surface area (Å²) in [7, 11) is 3.59. The number of allylic oxidation sites excluding steroid dienone is 1. The van der Waals surface area contributed by atoms with Crippen LogP contribution >= 0.6 is 0 Å². The Morgan fingerprint density at radius 3 is 1.97 bits per heavy atom. The van der Waals surface area contributed by atoms with Crippen LogP contribution < -0.4 is 5.46 Å². The van der Waals surface area contributed by atoms with Gasteiger partial charge in [-0.3, -0.25) is 0 Å². The fourth-order valence-electron chi connectivity index (χ4n) is 2.78. The summed E-state index contributed by atoms with van der Waals surface area (Å²) in [6, 6.07) is 6.13. The highest BCUT2D eigenvalue weighted by Crippen LogP contribution is 2.35. The minimum absolute atomic E-state index is 0.0623. The Balaban J connectivity index is 2.24. The minimum atomic E-state index is -0.977. The van der Waals surface area contributed by atoms with Crippen molar-refractivity contribution in [2.75, 3.05) is 0 Å². The third-order valence-corrected chi connectivity index (χ3v) is 6.60. The summed E-state index contributed by atoms with van der Waals surface area (Å²) in [5.74, 6) is 0.330. The number of aliphatic hydroxyl groups is 2. The van der Waals surface area contributed by atoms with Crippen molar-refractivity contribution in [3.05, 3.63) is 35.4 Å². The first kappa shape index (κ1) is 24.2. The summed E-state index contributed by atoms with van der Waals surface area (Å²) >= 11 is 0. The van der Waals surface area contributed by atoms with Gasteiger partial charge in [-0.2, -0.15) is 0 Å². The summed E-state index contributed by atoms with van der Waals surface area (Å²) in [5, 5.41) is 20.7. The first-order valence-electron chi connectivity index (χ1n) is 10.3. The van der Waals surface area contributed by atoms with E-state index >= 15 is 0 Å². The monoisotopic (exact) mass is 398 g/mol. The summed E-state index contributed by atoms with van der Waals surface area (Å²) in [4.78, 5) is 0. The van der Waals surface area contributed by atoms with Crippen LogP contribution in [0, 0.1) is 5.92 Å². The molecule has 0 spiro atoms. The smallest absolute Gasteiger partial charge is 0.331 e. The molecule has 0 bridgehead atoms. The Labute approximate surface area is 178 Å². The molecule has 2 radical (unpaired) electrons. The third kappa shape index (κ3) is 5.35. The molecule has 1 aromatic carbocycles. The average Bonchev–Trinajstić information content (AvgIpc) is 2.56. The molecular formula is C23H36B2O4. The van der Waals surface area contributed by atoms with E-state index in [4.69, 9.17) is 9.31 Å². The van der Waals surface area contributed by atoms with Crippen LogP contribution in [0.2, 0.25) is 0 Å². The molecule has 0 aliphatic heterocycles. The maximum atomic E-state index is 10.4. The van der Waals surface area contributed by atoms with Crippen molar-refractivity contribution < 1.29 is 19.5 Å². The molecule has 0 saturated heterocycles. The highest BCUT2D eigenvalue weighted by Gasteiger charge is 2.39. The van der Waals surface area contributed by atoms with Gasteiger partial charge in [0, 0.05) is 0 Å². The van der Waals surface area contributed by atoms with E-state index in [1.165, 1.54) is 0 Å². The highest BCUT2D eigenvalue weighted by atomic mass is 16.5. The molecule has 2 atom stereocenters. The van der Waals surface area contributed by atoms with Crippen LogP contribution in [-0.2, 0) is 9.31 Å². The number of benzene rings is 1. The second kappa shape index (κ2) is 8.22. The van der Waals surface area contributed by atoms with Crippen molar-refractivity contribution in [3.8, 4) is 0 Å². The molecule has 2 unspecified atom stereocenters. The van der Waals surface area contributed by atoms with Crippen molar-refractivity contribution >= 4 is 26.5 Å². The third-order valence-electron chi connectivity index (χ3n) is 6.60. The van der Waals surface area contributed by atoms with Crippen molar-refractivity contribution in [2.45, 2.75) is 90.5 Å². The molecule has 6 heteroatoms. The van der Waals surface area contributed by atoms with E-state index in [1.54, 1.807) is 35.2 Å². The lowest BCUT2D eigenvalue weighted by Gasteiger charge is -2.39. The lowest BCUT2D eigenvalue weighted by molar-refractivity contribution is -0.0912. The maximum Gasteiger partial charge on any atom is 0.331 e. The summed E-state index contributed by atoms with van der Waals surface area (Å²) < 4.78 is 12.1. The molecule has 1 aromatic rings. The first-order chi connectivity index (χ1) is 13.1. The Kier molecular flexibility index (Phi) is 6.86. The van der Waals surface area contributed by atoms with Gasteiger partial charge in [-0.1, -0.05) is 37.3 Å². The van der Waals surface area contributed by atoms with Gasteiger partial charge < -0.3 is 19.5 Å². The van der Waals surface area contributed by atoms with Crippen molar-refractivity contribution in [1.29, 1.82) is 0 Å². The molecule has 29 heavy (non-hydrogen) atoms. The molecule has 0 aromatic heterocycles. The SMILES string of the molecule is CC1C=Cc2c([B]OC(C)(C)C(C)(C)O)cccc2C1[B]OC(C)(C)C(C)(C)O. The van der Waals surface area contributed by atoms with E-state index in [1.807, 2.05) is 47.3 Å². The predicted molar refractivity (Wildman–Crippen MR) is 121 cm³/mol. The minimum Gasteiger partial charge on any atom is -0.432 e. The van der Waals surface area contributed by atoms with Gasteiger partial charge in [-0.25, -0.2) is 0 Å². The molecule has 0 saturated carbocycles. The maximum absolute atomic E-state index is 10.4. The zero-order valence-electron chi connectivity index (χ0n) is 19.4. The summed E-state index contributed by atoms with van der Waals surface area (Å²) in [6.45, 7) is 16.7. The molecule has 0 heterocycles. The lowest BCUT2D eigenvalue weighted by atomic mass is 9.62. The molecule has 1 aliphatic rings. The summed E-state index contributed by atoms with van der Waals surface area (Å²) in [5.41, 5.74) is -0.178. The number of rotatable bonds is 8. The van der Waals surface area contributed by atoms with Crippen LogP contribution in [0.15, 0.2) is 24.3 Å². The van der Waals surface area contributed by atoms with E-state index in [2.05, 4.69) is 25.1 Å². The Bertz CT molecular complexity index is 742. The largest absolute Gasteiger partial charge is 0.432 e. The quantitative estimate of drug-likeness (QED) is 0.660. The zero-order valence-corrected chi connectivity index (χ0v) is 19.4. The first-order valence-corrected chi connectivity index (χ1v) is 10.3. The van der Waals surface area contributed by atoms with Crippen LogP contribution in [0.25, 0.3) is 6.08 Å². The normalized spacial score (nSPS) is 20.4. The van der Waals surface area contributed by atoms with Crippen LogP contribution in [0.3, 0.4) is 0 Å². The number of hydrogen-bond acceptors (Lipinski definition) is 4. The number of fused-ring (bicyclic) bond motifs is 1. The van der Waals surface area contributed by atoms with Gasteiger partial charge in [0.2, 0.25) is 0 Å². The van der Waals surface area contributed by atoms with E-state index < -0.39 is 22.4 Å². The lowest BCUT2D eigenvalue weighted by Crippen LogP contribution is -2.49. The van der Waals surface area contributed by atoms with Gasteiger partial charge in [-0.05, 0) is 83.7 Å². The summed E-state index contributed by atoms with van der Waals surface area (Å²) in [6.07, 6.45) is 4.29. The zero-order chi connectivity index (χ0) is 22.3. The van der Waals surface area contributed by atoms with Gasteiger partial charge in [0.15, 0.2) is 0 Å². The highest BCUT2D eigenvalue weighted by molar-refractivity contribution is 6.48. The van der Waals surface area contributed by atoms with E-state index in [9.17, 15) is 10.2 Å². The molecular weight excluding hydrogens is 362 g/mol.